The summed E-state index contributed by atoms with van der Waals surface area (Å²) in [6.07, 6.45) is 2.17. The maximum absolute atomic E-state index is 13.0. The number of nitrogens with two attached hydrogens (primary N) is 1. The molecule has 2 N–H and O–H groups in total. The maximum atomic E-state index is 13.0. The van der Waals surface area contributed by atoms with Crippen LogP contribution in [0.5, 0.6) is 0 Å². The lowest BCUT2D eigenvalue weighted by Crippen LogP contribution is -2.56. The zero-order valence-electron chi connectivity index (χ0n) is 13.3. The third-order valence-electron chi connectivity index (χ3n) is 4.66. The van der Waals surface area contributed by atoms with E-state index in [1.165, 1.54) is 0 Å². The zero-order valence-corrected chi connectivity index (χ0v) is 14.1. The van der Waals surface area contributed by atoms with Gasteiger partial charge in [0.1, 0.15) is 0 Å². The van der Waals surface area contributed by atoms with E-state index < -0.39 is 11.0 Å². The molecular weight excluding hydrogens is 284 g/mol. The predicted octanol–water partition coefficient (Wildman–Crippen LogP) is 3.59. The van der Waals surface area contributed by atoms with Gasteiger partial charge in [0.15, 0.2) is 0 Å². The van der Waals surface area contributed by atoms with Gasteiger partial charge in [-0.1, -0.05) is 23.7 Å². The minimum absolute atomic E-state index is 0.132. The van der Waals surface area contributed by atoms with Crippen LogP contribution in [0.1, 0.15) is 46.1 Å². The van der Waals surface area contributed by atoms with E-state index in [0.717, 1.165) is 18.4 Å². The monoisotopic (exact) mass is 308 g/mol. The average Bonchev–Trinajstić information content (AvgIpc) is 3.20. The molecule has 0 spiro atoms. The van der Waals surface area contributed by atoms with Crippen molar-refractivity contribution in [2.75, 3.05) is 0 Å². The molecule has 1 aliphatic carbocycles. The molecule has 1 saturated carbocycles. The smallest absolute Gasteiger partial charge is 0.230 e. The molecule has 1 aromatic carbocycles. The fourth-order valence-corrected chi connectivity index (χ4v) is 2.30. The Kier molecular flexibility index (Phi) is 4.36. The standard InChI is InChI=1S/C17H25ClN2O/c1-16(2,17(3,4)19)15(21)20(14-9-10-14)11-12-5-7-13(18)8-6-12/h5-8,14H,9-11,19H2,1-4H3. The molecule has 0 atom stereocenters. The van der Waals surface area contributed by atoms with Crippen molar-refractivity contribution in [3.8, 4) is 0 Å². The molecule has 4 heteroatoms. The van der Waals surface area contributed by atoms with E-state index in [-0.39, 0.29) is 5.91 Å². The van der Waals surface area contributed by atoms with Crippen LogP contribution >= 0.6 is 11.6 Å². The number of nitrogens with zero attached hydrogens (tertiary/aromatic N) is 1. The van der Waals surface area contributed by atoms with Gasteiger partial charge in [0.05, 0.1) is 5.41 Å². The fourth-order valence-electron chi connectivity index (χ4n) is 2.17. The van der Waals surface area contributed by atoms with Gasteiger partial charge in [-0.05, 0) is 58.2 Å². The zero-order chi connectivity index (χ0) is 15.8. The van der Waals surface area contributed by atoms with Gasteiger partial charge in [-0.2, -0.15) is 0 Å². The van der Waals surface area contributed by atoms with Gasteiger partial charge in [-0.25, -0.2) is 0 Å². The number of halogens is 1. The molecule has 0 saturated heterocycles. The number of hydrogen-bond donors (Lipinski definition) is 1. The highest BCUT2D eigenvalue weighted by Gasteiger charge is 2.46. The van der Waals surface area contributed by atoms with Crippen molar-refractivity contribution in [2.24, 2.45) is 11.1 Å². The van der Waals surface area contributed by atoms with Crippen molar-refractivity contribution >= 4 is 17.5 Å². The molecule has 1 amide bonds. The summed E-state index contributed by atoms with van der Waals surface area (Å²) in [4.78, 5) is 15.0. The molecule has 1 aromatic rings. The van der Waals surface area contributed by atoms with Crippen LogP contribution in [-0.4, -0.2) is 22.4 Å². The Labute approximate surface area is 132 Å². The number of benzene rings is 1. The lowest BCUT2D eigenvalue weighted by Gasteiger charge is -2.41. The predicted molar refractivity (Wildman–Crippen MR) is 87.1 cm³/mol. The van der Waals surface area contributed by atoms with Crippen LogP contribution in [0.3, 0.4) is 0 Å². The second-order valence-corrected chi connectivity index (χ2v) is 7.57. The summed E-state index contributed by atoms with van der Waals surface area (Å²) in [7, 11) is 0. The van der Waals surface area contributed by atoms with Crippen LogP contribution in [0, 0.1) is 5.41 Å². The lowest BCUT2D eigenvalue weighted by atomic mass is 9.74. The van der Waals surface area contributed by atoms with Crippen LogP contribution < -0.4 is 5.73 Å². The van der Waals surface area contributed by atoms with Gasteiger partial charge in [0, 0.05) is 23.1 Å². The topological polar surface area (TPSA) is 46.3 Å². The van der Waals surface area contributed by atoms with Gasteiger partial charge < -0.3 is 10.6 Å². The molecule has 2 rings (SSSR count). The third-order valence-corrected chi connectivity index (χ3v) is 4.91. The third kappa shape index (κ3) is 3.58. The molecular formula is C17H25ClN2O. The van der Waals surface area contributed by atoms with Crippen LogP contribution in [0.2, 0.25) is 5.02 Å². The van der Waals surface area contributed by atoms with Crippen molar-refractivity contribution in [1.82, 2.24) is 4.90 Å². The molecule has 1 aliphatic rings. The first-order chi connectivity index (χ1) is 9.63. The number of rotatable bonds is 5. The van der Waals surface area contributed by atoms with E-state index in [9.17, 15) is 4.79 Å². The molecule has 0 unspecified atom stereocenters. The molecule has 0 bridgehead atoms. The largest absolute Gasteiger partial charge is 0.335 e. The molecule has 0 aromatic heterocycles. The van der Waals surface area contributed by atoms with Crippen molar-refractivity contribution in [1.29, 1.82) is 0 Å². The van der Waals surface area contributed by atoms with E-state index in [1.54, 1.807) is 0 Å². The molecule has 3 nitrogen and oxygen atoms in total. The second kappa shape index (κ2) is 5.62. The maximum Gasteiger partial charge on any atom is 0.230 e. The summed E-state index contributed by atoms with van der Waals surface area (Å²) in [6.45, 7) is 8.33. The Morgan fingerprint density at radius 1 is 1.24 bits per heavy atom. The van der Waals surface area contributed by atoms with Crippen LogP contribution in [-0.2, 0) is 11.3 Å². The van der Waals surface area contributed by atoms with Crippen LogP contribution in [0.4, 0.5) is 0 Å². The molecule has 0 radical (unpaired) electrons. The van der Waals surface area contributed by atoms with Crippen molar-refractivity contribution in [3.63, 3.8) is 0 Å². The van der Waals surface area contributed by atoms with Gasteiger partial charge in [-0.15, -0.1) is 0 Å². The quantitative estimate of drug-likeness (QED) is 0.903. The number of hydrogen-bond acceptors (Lipinski definition) is 2. The average molecular weight is 309 g/mol. The number of carbonyl (C=O) groups is 1. The molecule has 21 heavy (non-hydrogen) atoms. The first-order valence-electron chi connectivity index (χ1n) is 7.47. The molecule has 0 heterocycles. The van der Waals surface area contributed by atoms with Gasteiger partial charge in [0.25, 0.3) is 0 Å². The Morgan fingerprint density at radius 2 is 1.76 bits per heavy atom. The summed E-state index contributed by atoms with van der Waals surface area (Å²) >= 11 is 5.92. The van der Waals surface area contributed by atoms with Crippen LogP contribution in [0.15, 0.2) is 24.3 Å². The minimum atomic E-state index is -0.595. The SMILES string of the molecule is CC(C)(N)C(C)(C)C(=O)N(Cc1ccc(Cl)cc1)C1CC1. The molecule has 116 valence electrons. The van der Waals surface area contributed by atoms with Crippen molar-refractivity contribution in [3.05, 3.63) is 34.9 Å². The summed E-state index contributed by atoms with van der Waals surface area (Å²) in [6, 6.07) is 8.04. The Balaban J connectivity index is 2.19. The summed E-state index contributed by atoms with van der Waals surface area (Å²) in [5, 5.41) is 0.714. The van der Waals surface area contributed by atoms with E-state index >= 15 is 0 Å². The Bertz CT molecular complexity index is 513. The van der Waals surface area contributed by atoms with Gasteiger partial charge in [0.2, 0.25) is 5.91 Å². The van der Waals surface area contributed by atoms with Crippen molar-refractivity contribution in [2.45, 2.75) is 58.7 Å². The molecule has 1 fully saturated rings. The normalized spacial score (nSPS) is 15.9. The highest BCUT2D eigenvalue weighted by molar-refractivity contribution is 6.30. The summed E-state index contributed by atoms with van der Waals surface area (Å²) in [5.41, 5.74) is 6.17. The van der Waals surface area contributed by atoms with E-state index in [4.69, 9.17) is 17.3 Å². The highest BCUT2D eigenvalue weighted by atomic mass is 35.5. The van der Waals surface area contributed by atoms with Crippen LogP contribution in [0.25, 0.3) is 0 Å². The minimum Gasteiger partial charge on any atom is -0.335 e. The highest BCUT2D eigenvalue weighted by Crippen LogP contribution is 2.36. The Hall–Kier alpha value is -1.06. The first kappa shape index (κ1) is 16.3. The van der Waals surface area contributed by atoms with Crippen molar-refractivity contribution < 1.29 is 4.79 Å². The molecule has 0 aliphatic heterocycles. The number of carbonyl (C=O) groups excluding carboxylic acids is 1. The fraction of sp³-hybridized carbons (Fsp3) is 0.588. The lowest BCUT2D eigenvalue weighted by molar-refractivity contribution is -0.144. The number of amides is 1. The van der Waals surface area contributed by atoms with E-state index in [0.29, 0.717) is 17.6 Å². The van der Waals surface area contributed by atoms with E-state index in [1.807, 2.05) is 56.9 Å². The summed E-state index contributed by atoms with van der Waals surface area (Å²) in [5.74, 6) is 0.132. The van der Waals surface area contributed by atoms with E-state index in [2.05, 4.69) is 0 Å². The second-order valence-electron chi connectivity index (χ2n) is 7.14. The summed E-state index contributed by atoms with van der Waals surface area (Å²) < 4.78 is 0. The van der Waals surface area contributed by atoms with Gasteiger partial charge in [-0.3, -0.25) is 4.79 Å². The first-order valence-corrected chi connectivity index (χ1v) is 7.85. The van der Waals surface area contributed by atoms with Gasteiger partial charge >= 0.3 is 0 Å². The Morgan fingerprint density at radius 3 is 2.19 bits per heavy atom.